The molecule has 30 valence electrons. The first-order valence-electron chi connectivity index (χ1n) is 0.224. The first-order valence-corrected chi connectivity index (χ1v) is 0.224. The molecule has 0 aromatic carbocycles. The van der Waals surface area contributed by atoms with Crippen molar-refractivity contribution in [3.05, 3.63) is 6.57 Å². The average Bonchev–Trinajstić information content (AvgIpc) is 1.00. The van der Waals surface area contributed by atoms with E-state index in [0.29, 0.717) is 0 Å². The fourth-order valence-electron chi connectivity index (χ4n) is 0. The second-order valence-electron chi connectivity index (χ2n) is 0. The number of hydrogen-bond acceptors (Lipinski definition) is 1. The molecule has 0 unspecified atom stereocenters. The Morgan fingerprint density at radius 1 is 1.17 bits per heavy atom. The summed E-state index contributed by atoms with van der Waals surface area (Å²) in [6.45, 7) is 4.75. The van der Waals surface area contributed by atoms with Crippen molar-refractivity contribution in [3.63, 3.8) is 0 Å². The van der Waals surface area contributed by atoms with E-state index < -0.39 is 0 Å². The number of hydrogen-bond donors (Lipinski definition) is 0. The monoisotopic (exact) mass is 148 g/mol. The molecule has 6 heavy (non-hydrogen) atoms. The summed E-state index contributed by atoms with van der Waals surface area (Å²) in [6, 6.07) is 0. The molecule has 5 heteroatoms. The van der Waals surface area contributed by atoms with E-state index >= 15 is 0 Å². The van der Waals surface area contributed by atoms with Gasteiger partial charge in [-0.25, -0.2) is 0 Å². The maximum Gasteiger partial charge on any atom is 1.00 e. The van der Waals surface area contributed by atoms with Crippen molar-refractivity contribution in [3.8, 4) is 0 Å². The van der Waals surface area contributed by atoms with Gasteiger partial charge < -0.3 is 20.2 Å². The van der Waals surface area contributed by atoms with Crippen LogP contribution in [0.15, 0.2) is 0 Å². The molecule has 0 saturated heterocycles. The van der Waals surface area contributed by atoms with E-state index in [1.807, 2.05) is 0 Å². The molecule has 0 aromatic heterocycles. The van der Waals surface area contributed by atoms with Crippen LogP contribution < -0.4 is 59.1 Å². The molecular formula is CH4FeNNa2O-. The fourth-order valence-corrected chi connectivity index (χ4v) is 0. The van der Waals surface area contributed by atoms with Gasteiger partial charge in [0, 0.05) is 17.1 Å². The van der Waals surface area contributed by atoms with Crippen molar-refractivity contribution in [2.45, 2.75) is 0 Å². The molecule has 0 heterocycles. The molecule has 0 saturated carbocycles. The Morgan fingerprint density at radius 2 is 1.17 bits per heavy atom. The van der Waals surface area contributed by atoms with Gasteiger partial charge in [0.1, 0.15) is 0 Å². The van der Waals surface area contributed by atoms with Crippen LogP contribution in [0.1, 0.15) is 2.85 Å². The largest absolute Gasteiger partial charge is 1.00 e. The van der Waals surface area contributed by atoms with Crippen LogP contribution in [0.5, 0.6) is 0 Å². The SMILES string of the molecule is O.[C-]#N.[Fe].[H-].[H-].[Na+].[Na+]. The standard InChI is InChI=1S/CN.Fe.2Na.H2O.2H/c1-2;;;;;;/h;;;;1H2;;/q-1;;2*+1;;2*-1. The van der Waals surface area contributed by atoms with Crippen LogP contribution in [-0.4, -0.2) is 5.48 Å². The fraction of sp³-hybridized carbons (Fsp3) is 0. The first-order chi connectivity index (χ1) is 1.00. The first kappa shape index (κ1) is 43.9. The third-order valence-electron chi connectivity index (χ3n) is 0. The smallest absolute Gasteiger partial charge is 1.00 e. The molecular weight excluding hydrogens is 144 g/mol. The van der Waals surface area contributed by atoms with Gasteiger partial charge in [0.15, 0.2) is 0 Å². The molecule has 0 bridgehead atoms. The average molecular weight is 148 g/mol. The van der Waals surface area contributed by atoms with Crippen molar-refractivity contribution in [2.75, 3.05) is 0 Å². The van der Waals surface area contributed by atoms with E-state index in [2.05, 4.69) is 0 Å². The Balaban J connectivity index is -0.000000000333. The molecule has 0 aliphatic rings. The van der Waals surface area contributed by atoms with Crippen LogP contribution in [0, 0.1) is 11.8 Å². The molecule has 0 fully saturated rings. The van der Waals surface area contributed by atoms with Gasteiger partial charge in [-0.3, -0.25) is 0 Å². The van der Waals surface area contributed by atoms with Gasteiger partial charge in [0.25, 0.3) is 0 Å². The third-order valence-corrected chi connectivity index (χ3v) is 0. The van der Waals surface area contributed by atoms with E-state index in [-0.39, 0.29) is 84.5 Å². The van der Waals surface area contributed by atoms with Crippen molar-refractivity contribution in [1.82, 2.24) is 0 Å². The van der Waals surface area contributed by atoms with Gasteiger partial charge in [-0.1, -0.05) is 0 Å². The maximum atomic E-state index is 6.25. The van der Waals surface area contributed by atoms with E-state index in [0.717, 1.165) is 0 Å². The molecule has 0 atom stereocenters. The van der Waals surface area contributed by atoms with Crippen molar-refractivity contribution in [1.29, 1.82) is 5.26 Å². The maximum absolute atomic E-state index is 6.25. The Labute approximate surface area is 95.0 Å². The summed E-state index contributed by atoms with van der Waals surface area (Å²) >= 11 is 0. The Bertz CT molecular complexity index is 24.8. The van der Waals surface area contributed by atoms with Crippen LogP contribution in [0.4, 0.5) is 0 Å². The van der Waals surface area contributed by atoms with Gasteiger partial charge in [-0.2, -0.15) is 0 Å². The Hall–Kier alpha value is 1.97. The molecule has 2 nitrogen and oxygen atoms in total. The van der Waals surface area contributed by atoms with E-state index in [9.17, 15) is 0 Å². The van der Waals surface area contributed by atoms with Crippen molar-refractivity contribution >= 4 is 0 Å². The second kappa shape index (κ2) is 64.0. The van der Waals surface area contributed by atoms with Gasteiger partial charge in [0.2, 0.25) is 0 Å². The van der Waals surface area contributed by atoms with E-state index in [4.69, 9.17) is 11.8 Å². The Morgan fingerprint density at radius 3 is 1.17 bits per heavy atom. The minimum absolute atomic E-state index is 0. The molecule has 0 spiro atoms. The van der Waals surface area contributed by atoms with Gasteiger partial charge >= 0.3 is 59.1 Å². The van der Waals surface area contributed by atoms with Gasteiger partial charge in [-0.15, -0.1) is 0 Å². The van der Waals surface area contributed by atoms with Crippen LogP contribution in [0.25, 0.3) is 0 Å². The van der Waals surface area contributed by atoms with Crippen molar-refractivity contribution < 1.29 is 84.5 Å². The normalized spacial score (nSPS) is 0.333. The predicted octanol–water partition coefficient (Wildman–Crippen LogP) is -6.50. The third kappa shape index (κ3) is 38.0. The topological polar surface area (TPSA) is 55.3 Å². The minimum Gasteiger partial charge on any atom is -1.00 e. The van der Waals surface area contributed by atoms with E-state index in [1.165, 1.54) is 0 Å². The minimum atomic E-state index is 0. The molecule has 0 aromatic rings. The second-order valence-corrected chi connectivity index (χ2v) is 0. The zero-order chi connectivity index (χ0) is 2.00. The summed E-state index contributed by atoms with van der Waals surface area (Å²) in [6.07, 6.45) is 0. The van der Waals surface area contributed by atoms with Gasteiger partial charge in [0.05, 0.1) is 0 Å². The molecule has 0 rings (SSSR count). The zero-order valence-electron chi connectivity index (χ0n) is 5.80. The molecule has 0 aliphatic heterocycles. The van der Waals surface area contributed by atoms with Crippen LogP contribution in [0.3, 0.4) is 0 Å². The summed E-state index contributed by atoms with van der Waals surface area (Å²) in [7, 11) is 0. The molecule has 0 amide bonds. The number of nitrogens with zero attached hydrogens (tertiary/aromatic N) is 1. The molecule has 2 N–H and O–H groups in total. The summed E-state index contributed by atoms with van der Waals surface area (Å²) in [5, 5.41) is 6.25. The Kier molecular flexibility index (Phi) is 468. The van der Waals surface area contributed by atoms with Crippen LogP contribution in [0.2, 0.25) is 0 Å². The van der Waals surface area contributed by atoms with Crippen molar-refractivity contribution in [2.24, 2.45) is 0 Å². The summed E-state index contributed by atoms with van der Waals surface area (Å²) in [5.41, 5.74) is 0. The number of rotatable bonds is 0. The van der Waals surface area contributed by atoms with Crippen LogP contribution in [-0.2, 0) is 17.1 Å². The predicted molar refractivity (Wildman–Crippen MR) is 10.8 cm³/mol. The summed E-state index contributed by atoms with van der Waals surface area (Å²) in [5.74, 6) is 0. The summed E-state index contributed by atoms with van der Waals surface area (Å²) in [4.78, 5) is 0. The quantitative estimate of drug-likeness (QED) is 0.249. The van der Waals surface area contributed by atoms with E-state index in [1.54, 1.807) is 0 Å². The zero-order valence-corrected chi connectivity index (χ0v) is 8.90. The molecule has 0 radical (unpaired) electrons. The summed E-state index contributed by atoms with van der Waals surface area (Å²) < 4.78 is 0. The van der Waals surface area contributed by atoms with Crippen LogP contribution >= 0.6 is 0 Å². The van der Waals surface area contributed by atoms with Gasteiger partial charge in [-0.05, 0) is 0 Å². The molecule has 0 aliphatic carbocycles.